The van der Waals surface area contributed by atoms with Crippen LogP contribution in [0.15, 0.2) is 36.4 Å². The van der Waals surface area contributed by atoms with E-state index >= 15 is 0 Å². The Morgan fingerprint density at radius 3 is 1.70 bits per heavy atom. The number of hydrogen-bond acceptors (Lipinski definition) is 0. The zero-order valence-electron chi connectivity index (χ0n) is 25.3. The minimum atomic E-state index is -1.34. The third kappa shape index (κ3) is 6.45. The molecular formula is C34H50Si2Y. The maximum absolute atomic E-state index is 2.65. The smallest absolute Gasteiger partial charge is 0.0450 e. The molecule has 3 atom stereocenters. The van der Waals surface area contributed by atoms with Crippen LogP contribution in [0.4, 0.5) is 0 Å². The molecule has 2 aliphatic carbocycles. The largest absolute Gasteiger partial charge is 0.0764 e. The van der Waals surface area contributed by atoms with E-state index in [0.29, 0.717) is 11.8 Å². The second-order valence-electron chi connectivity index (χ2n) is 14.1. The Balaban J connectivity index is 0.00000380. The van der Waals surface area contributed by atoms with Crippen molar-refractivity contribution >= 4 is 28.3 Å². The Hall–Kier alpha value is -0.542. The van der Waals surface area contributed by atoms with Gasteiger partial charge in [0.25, 0.3) is 0 Å². The second-order valence-corrected chi connectivity index (χ2v) is 25.3. The number of aryl methyl sites for hydroxylation is 4. The van der Waals surface area contributed by atoms with Gasteiger partial charge >= 0.3 is 0 Å². The van der Waals surface area contributed by atoms with Crippen molar-refractivity contribution in [2.45, 2.75) is 110 Å². The predicted octanol–water partition coefficient (Wildman–Crippen LogP) is 10.6. The van der Waals surface area contributed by atoms with Crippen molar-refractivity contribution in [3.05, 3.63) is 80.9 Å². The number of benzene rings is 2. The molecule has 0 bridgehead atoms. The third-order valence-electron chi connectivity index (χ3n) is 9.17. The van der Waals surface area contributed by atoms with E-state index in [1.165, 1.54) is 59.1 Å². The Labute approximate surface area is 255 Å². The SMILES string of the molecule is Cc1ccc(C)c2c1C=CC2CCCCC(C1C=Cc2c(C)ccc(C)c21)C([Si](C)(C)C)[Si](C)(C)C.[Y]. The number of rotatable bonds is 9. The molecule has 0 spiro atoms. The number of unbranched alkanes of at least 4 members (excludes halogenated alkanes) is 1. The first-order valence-corrected chi connectivity index (χ1v) is 21.5. The summed E-state index contributed by atoms with van der Waals surface area (Å²) in [6, 6.07) is 9.30. The molecule has 3 heteroatoms. The number of hydrogen-bond donors (Lipinski definition) is 0. The molecule has 3 unspecified atom stereocenters. The van der Waals surface area contributed by atoms with Crippen molar-refractivity contribution in [2.24, 2.45) is 5.92 Å². The van der Waals surface area contributed by atoms with Crippen LogP contribution in [-0.4, -0.2) is 16.1 Å². The first-order chi connectivity index (χ1) is 16.8. The normalized spacial score (nSPS) is 19.2. The third-order valence-corrected chi connectivity index (χ3v) is 19.0. The molecule has 0 saturated carbocycles. The molecule has 0 saturated heterocycles. The van der Waals surface area contributed by atoms with Gasteiger partial charge in [-0.15, -0.1) is 0 Å². The van der Waals surface area contributed by atoms with Crippen molar-refractivity contribution < 1.29 is 32.7 Å². The summed E-state index contributed by atoms with van der Waals surface area (Å²) in [5.74, 6) is 1.98. The summed E-state index contributed by atoms with van der Waals surface area (Å²) in [4.78, 5) is 0. The zero-order chi connectivity index (χ0) is 26.4. The van der Waals surface area contributed by atoms with Gasteiger partial charge in [-0.05, 0) is 96.1 Å². The molecule has 197 valence electrons. The maximum atomic E-state index is 2.65. The molecule has 0 fully saturated rings. The van der Waals surface area contributed by atoms with Crippen molar-refractivity contribution in [1.82, 2.24) is 0 Å². The molecule has 2 aromatic carbocycles. The molecular weight excluding hydrogens is 553 g/mol. The first-order valence-electron chi connectivity index (χ1n) is 14.4. The minimum Gasteiger partial charge on any atom is -0.0764 e. The van der Waals surface area contributed by atoms with Crippen LogP contribution in [0, 0.1) is 33.6 Å². The van der Waals surface area contributed by atoms with Crippen molar-refractivity contribution in [3.63, 3.8) is 0 Å². The average Bonchev–Trinajstić information content (AvgIpc) is 3.40. The topological polar surface area (TPSA) is 0 Å². The summed E-state index contributed by atoms with van der Waals surface area (Å²) >= 11 is 0. The van der Waals surface area contributed by atoms with Crippen LogP contribution in [0.5, 0.6) is 0 Å². The minimum absolute atomic E-state index is 0. The number of fused-ring (bicyclic) bond motifs is 2. The Bertz CT molecular complexity index is 1160. The summed E-state index contributed by atoms with van der Waals surface area (Å²) in [7, 11) is -2.67. The molecule has 0 amide bonds. The summed E-state index contributed by atoms with van der Waals surface area (Å²) in [6.07, 6.45) is 15.3. The fourth-order valence-corrected chi connectivity index (χ4v) is 21.9. The van der Waals surface area contributed by atoms with Gasteiger partial charge in [0.15, 0.2) is 0 Å². The molecule has 2 aromatic rings. The van der Waals surface area contributed by atoms with Crippen molar-refractivity contribution in [1.29, 1.82) is 0 Å². The second kappa shape index (κ2) is 11.9. The molecule has 2 aliphatic rings. The van der Waals surface area contributed by atoms with E-state index < -0.39 is 16.1 Å². The van der Waals surface area contributed by atoms with Crippen LogP contribution in [0.2, 0.25) is 44.4 Å². The van der Waals surface area contributed by atoms with Crippen LogP contribution in [0.3, 0.4) is 0 Å². The van der Waals surface area contributed by atoms with Crippen LogP contribution in [0.25, 0.3) is 12.2 Å². The summed E-state index contributed by atoms with van der Waals surface area (Å²) in [5.41, 5.74) is 12.1. The average molecular weight is 604 g/mol. The van der Waals surface area contributed by atoms with Gasteiger partial charge in [0.05, 0.1) is 0 Å². The molecule has 0 aliphatic heterocycles. The quantitative estimate of drug-likeness (QED) is 0.198. The molecule has 0 heterocycles. The summed E-state index contributed by atoms with van der Waals surface area (Å²) in [6.45, 7) is 25.1. The van der Waals surface area contributed by atoms with Crippen LogP contribution in [-0.2, 0) is 32.7 Å². The maximum Gasteiger partial charge on any atom is 0.0450 e. The van der Waals surface area contributed by atoms with E-state index in [1.54, 1.807) is 11.1 Å². The molecule has 0 nitrogen and oxygen atoms in total. The Morgan fingerprint density at radius 2 is 1.14 bits per heavy atom. The summed E-state index contributed by atoms with van der Waals surface area (Å²) < 4.78 is 0. The van der Waals surface area contributed by atoms with E-state index in [1.807, 2.05) is 0 Å². The monoisotopic (exact) mass is 603 g/mol. The van der Waals surface area contributed by atoms with E-state index in [4.69, 9.17) is 0 Å². The van der Waals surface area contributed by atoms with E-state index in [-0.39, 0.29) is 32.7 Å². The Morgan fingerprint density at radius 1 is 0.649 bits per heavy atom. The van der Waals surface area contributed by atoms with Gasteiger partial charge in [0.2, 0.25) is 0 Å². The van der Waals surface area contributed by atoms with E-state index in [0.717, 1.165) is 11.1 Å². The van der Waals surface area contributed by atoms with Crippen LogP contribution in [0.1, 0.15) is 82.0 Å². The van der Waals surface area contributed by atoms with Gasteiger partial charge in [-0.25, -0.2) is 0 Å². The standard InChI is InChI=1S/C34H50Si2.Y/c1-23-15-17-25(3)32-27(19-20-28(23)32)13-11-12-14-31(34(35(5,6)7)36(8,9)10)30-22-21-29-24(2)16-18-26(4)33(29)30;/h15-22,27,30-31,34H,11-14H2,1-10H3;. The van der Waals surface area contributed by atoms with Crippen molar-refractivity contribution in [2.75, 3.05) is 0 Å². The van der Waals surface area contributed by atoms with Gasteiger partial charge in [0.1, 0.15) is 0 Å². The molecule has 0 aromatic heterocycles. The zero-order valence-corrected chi connectivity index (χ0v) is 30.2. The molecule has 4 rings (SSSR count). The number of allylic oxidation sites excluding steroid dienone is 2. The predicted molar refractivity (Wildman–Crippen MR) is 168 cm³/mol. The van der Waals surface area contributed by atoms with Crippen LogP contribution < -0.4 is 0 Å². The fourth-order valence-electron chi connectivity index (χ4n) is 8.17. The van der Waals surface area contributed by atoms with Gasteiger partial charge in [0, 0.05) is 60.7 Å². The van der Waals surface area contributed by atoms with Crippen LogP contribution >= 0.6 is 0 Å². The molecule has 1 radical (unpaired) electrons. The van der Waals surface area contributed by atoms with Crippen molar-refractivity contribution in [3.8, 4) is 0 Å². The Kier molecular flexibility index (Phi) is 9.97. The summed E-state index contributed by atoms with van der Waals surface area (Å²) in [5, 5.41) is 0.919. The molecule has 0 N–H and O–H groups in total. The van der Waals surface area contributed by atoms with E-state index in [2.05, 4.69) is 116 Å². The van der Waals surface area contributed by atoms with Gasteiger partial charge in [-0.3, -0.25) is 0 Å². The fraction of sp³-hybridized carbons (Fsp3) is 0.529. The van der Waals surface area contributed by atoms with Gasteiger partial charge < -0.3 is 0 Å². The van der Waals surface area contributed by atoms with Gasteiger partial charge in [-0.2, -0.15) is 0 Å². The van der Waals surface area contributed by atoms with Gasteiger partial charge in [-0.1, -0.05) is 101 Å². The van der Waals surface area contributed by atoms with E-state index in [9.17, 15) is 0 Å². The first kappa shape index (κ1) is 31.0. The molecule has 37 heavy (non-hydrogen) atoms.